The molecule has 2 aromatic rings. The SMILES string of the molecule is CC(=NNC(=O)c1ccc([N+](=O)[O-])cc1)c1ccc(C#N)cc1. The fourth-order valence-electron chi connectivity index (χ4n) is 1.78. The molecule has 7 nitrogen and oxygen atoms in total. The molecule has 0 radical (unpaired) electrons. The Bertz CT molecular complexity index is 803. The molecule has 1 amide bonds. The van der Waals surface area contributed by atoms with E-state index in [0.717, 1.165) is 5.56 Å². The first-order valence-corrected chi connectivity index (χ1v) is 6.61. The summed E-state index contributed by atoms with van der Waals surface area (Å²) in [7, 11) is 0. The highest BCUT2D eigenvalue weighted by Crippen LogP contribution is 2.12. The second-order valence-corrected chi connectivity index (χ2v) is 4.63. The van der Waals surface area contributed by atoms with Crippen molar-refractivity contribution < 1.29 is 9.72 Å². The van der Waals surface area contributed by atoms with Crippen molar-refractivity contribution in [2.75, 3.05) is 0 Å². The highest BCUT2D eigenvalue weighted by Gasteiger charge is 2.09. The molecule has 0 aromatic heterocycles. The van der Waals surface area contributed by atoms with Crippen molar-refractivity contribution >= 4 is 17.3 Å². The minimum Gasteiger partial charge on any atom is -0.267 e. The summed E-state index contributed by atoms with van der Waals surface area (Å²) in [6.45, 7) is 1.72. The smallest absolute Gasteiger partial charge is 0.267 e. The van der Waals surface area contributed by atoms with Crippen LogP contribution in [0.1, 0.15) is 28.4 Å². The van der Waals surface area contributed by atoms with Crippen LogP contribution in [0, 0.1) is 21.4 Å². The van der Waals surface area contributed by atoms with Crippen LogP contribution in [0.5, 0.6) is 0 Å². The van der Waals surface area contributed by atoms with Crippen LogP contribution in [-0.2, 0) is 0 Å². The van der Waals surface area contributed by atoms with E-state index in [2.05, 4.69) is 10.5 Å². The van der Waals surface area contributed by atoms with Gasteiger partial charge in [0.05, 0.1) is 22.3 Å². The molecule has 0 aliphatic heterocycles. The van der Waals surface area contributed by atoms with Crippen molar-refractivity contribution in [1.29, 1.82) is 5.26 Å². The van der Waals surface area contributed by atoms with Gasteiger partial charge in [0.2, 0.25) is 0 Å². The summed E-state index contributed by atoms with van der Waals surface area (Å²) in [6, 6.07) is 14.0. The minimum absolute atomic E-state index is 0.0844. The van der Waals surface area contributed by atoms with Crippen LogP contribution in [0.25, 0.3) is 0 Å². The first-order valence-electron chi connectivity index (χ1n) is 6.61. The number of rotatable bonds is 4. The first kappa shape index (κ1) is 15.9. The topological polar surface area (TPSA) is 108 Å². The van der Waals surface area contributed by atoms with E-state index in [1.54, 1.807) is 31.2 Å². The summed E-state index contributed by atoms with van der Waals surface area (Å²) < 4.78 is 0. The number of amides is 1. The fraction of sp³-hybridized carbons (Fsp3) is 0.0625. The third-order valence-corrected chi connectivity index (χ3v) is 3.10. The van der Waals surface area contributed by atoms with Gasteiger partial charge in [-0.25, -0.2) is 5.43 Å². The normalized spacial score (nSPS) is 10.7. The molecule has 0 bridgehead atoms. The highest BCUT2D eigenvalue weighted by atomic mass is 16.6. The molecule has 0 spiro atoms. The number of nitro benzene ring substituents is 1. The molecule has 0 unspecified atom stereocenters. The molecule has 23 heavy (non-hydrogen) atoms. The van der Waals surface area contributed by atoms with Gasteiger partial charge >= 0.3 is 0 Å². The lowest BCUT2D eigenvalue weighted by Crippen LogP contribution is -2.19. The van der Waals surface area contributed by atoms with E-state index in [9.17, 15) is 14.9 Å². The van der Waals surface area contributed by atoms with Gasteiger partial charge < -0.3 is 0 Å². The van der Waals surface area contributed by atoms with Crippen LogP contribution in [0.2, 0.25) is 0 Å². The number of nitrogens with one attached hydrogen (secondary N) is 1. The van der Waals surface area contributed by atoms with Crippen LogP contribution in [0.3, 0.4) is 0 Å². The van der Waals surface area contributed by atoms with Crippen LogP contribution in [0.4, 0.5) is 5.69 Å². The average molecular weight is 308 g/mol. The summed E-state index contributed by atoms with van der Waals surface area (Å²) >= 11 is 0. The predicted molar refractivity (Wildman–Crippen MR) is 83.9 cm³/mol. The largest absolute Gasteiger partial charge is 0.271 e. The molecule has 0 saturated carbocycles. The number of non-ortho nitro benzene ring substituents is 1. The zero-order valence-corrected chi connectivity index (χ0v) is 12.2. The summed E-state index contributed by atoms with van der Waals surface area (Å²) in [5.74, 6) is -0.465. The van der Waals surface area contributed by atoms with Gasteiger partial charge in [-0.1, -0.05) is 12.1 Å². The molecular weight excluding hydrogens is 296 g/mol. The molecule has 0 heterocycles. The van der Waals surface area contributed by atoms with E-state index in [-0.39, 0.29) is 11.3 Å². The Morgan fingerprint density at radius 1 is 1.13 bits per heavy atom. The van der Waals surface area contributed by atoms with E-state index >= 15 is 0 Å². The summed E-state index contributed by atoms with van der Waals surface area (Å²) in [5, 5.41) is 23.3. The monoisotopic (exact) mass is 308 g/mol. The Morgan fingerprint density at radius 2 is 1.70 bits per heavy atom. The molecule has 0 atom stereocenters. The van der Waals surface area contributed by atoms with Crippen LogP contribution < -0.4 is 5.43 Å². The van der Waals surface area contributed by atoms with Crippen molar-refractivity contribution in [1.82, 2.24) is 5.43 Å². The zero-order valence-electron chi connectivity index (χ0n) is 12.2. The van der Waals surface area contributed by atoms with Crippen LogP contribution >= 0.6 is 0 Å². The summed E-state index contributed by atoms with van der Waals surface area (Å²) in [6.07, 6.45) is 0. The van der Waals surface area contributed by atoms with Gasteiger partial charge in [-0.15, -0.1) is 0 Å². The van der Waals surface area contributed by atoms with Crippen LogP contribution in [-0.4, -0.2) is 16.5 Å². The first-order chi connectivity index (χ1) is 11.0. The summed E-state index contributed by atoms with van der Waals surface area (Å²) in [4.78, 5) is 22.0. The molecule has 0 aliphatic rings. The fourth-order valence-corrected chi connectivity index (χ4v) is 1.78. The number of benzene rings is 2. The lowest BCUT2D eigenvalue weighted by molar-refractivity contribution is -0.384. The Balaban J connectivity index is 2.07. The van der Waals surface area contributed by atoms with Crippen molar-refractivity contribution in [3.8, 4) is 6.07 Å². The second-order valence-electron chi connectivity index (χ2n) is 4.63. The number of hydrogen-bond donors (Lipinski definition) is 1. The Morgan fingerprint density at radius 3 is 2.22 bits per heavy atom. The number of nitriles is 1. The van der Waals surface area contributed by atoms with Gasteiger partial charge in [0.1, 0.15) is 0 Å². The van der Waals surface area contributed by atoms with E-state index in [4.69, 9.17) is 5.26 Å². The average Bonchev–Trinajstić information content (AvgIpc) is 2.59. The lowest BCUT2D eigenvalue weighted by Gasteiger charge is -2.03. The molecule has 2 aromatic carbocycles. The van der Waals surface area contributed by atoms with E-state index < -0.39 is 10.8 Å². The number of nitro groups is 1. The molecule has 2 rings (SSSR count). The minimum atomic E-state index is -0.533. The number of carbonyl (C=O) groups is 1. The lowest BCUT2D eigenvalue weighted by atomic mass is 10.1. The molecular formula is C16H12N4O3. The third kappa shape index (κ3) is 3.98. The molecule has 0 fully saturated rings. The second kappa shape index (κ2) is 6.95. The molecule has 0 aliphatic carbocycles. The molecule has 114 valence electrons. The van der Waals surface area contributed by atoms with E-state index in [1.165, 1.54) is 24.3 Å². The Labute approximate surface area is 132 Å². The molecule has 7 heteroatoms. The quantitative estimate of drug-likeness (QED) is 0.532. The zero-order chi connectivity index (χ0) is 16.8. The van der Waals surface area contributed by atoms with Crippen molar-refractivity contribution in [3.63, 3.8) is 0 Å². The van der Waals surface area contributed by atoms with Gasteiger partial charge in [0, 0.05) is 17.7 Å². The summed E-state index contributed by atoms with van der Waals surface area (Å²) in [5.41, 5.74) is 4.46. The van der Waals surface area contributed by atoms with Crippen molar-refractivity contribution in [2.24, 2.45) is 5.10 Å². The van der Waals surface area contributed by atoms with E-state index in [1.807, 2.05) is 6.07 Å². The number of nitrogens with zero attached hydrogens (tertiary/aromatic N) is 3. The highest BCUT2D eigenvalue weighted by molar-refractivity contribution is 6.00. The van der Waals surface area contributed by atoms with Gasteiger partial charge in [0.15, 0.2) is 0 Å². The third-order valence-electron chi connectivity index (χ3n) is 3.10. The standard InChI is InChI=1S/C16H12N4O3/c1-11(13-4-2-12(10-17)3-5-13)18-19-16(21)14-6-8-15(9-7-14)20(22)23/h2-9H,1H3,(H,19,21). The Kier molecular flexibility index (Phi) is 4.79. The van der Waals surface area contributed by atoms with Gasteiger partial charge in [-0.05, 0) is 36.8 Å². The van der Waals surface area contributed by atoms with Gasteiger partial charge in [0.25, 0.3) is 11.6 Å². The van der Waals surface area contributed by atoms with Crippen molar-refractivity contribution in [3.05, 3.63) is 75.3 Å². The maximum Gasteiger partial charge on any atom is 0.271 e. The van der Waals surface area contributed by atoms with Crippen LogP contribution in [0.15, 0.2) is 53.6 Å². The number of carbonyl (C=O) groups excluding carboxylic acids is 1. The molecule has 0 saturated heterocycles. The number of hydrazone groups is 1. The van der Waals surface area contributed by atoms with Gasteiger partial charge in [-0.2, -0.15) is 10.4 Å². The Hall–Kier alpha value is -3.53. The predicted octanol–water partition coefficient (Wildman–Crippen LogP) is 2.62. The maximum absolute atomic E-state index is 11.9. The molecule has 1 N–H and O–H groups in total. The maximum atomic E-state index is 11.9. The van der Waals surface area contributed by atoms with E-state index in [0.29, 0.717) is 11.3 Å². The number of hydrogen-bond acceptors (Lipinski definition) is 5. The van der Waals surface area contributed by atoms with Crippen molar-refractivity contribution in [2.45, 2.75) is 6.92 Å². The van der Waals surface area contributed by atoms with Gasteiger partial charge in [-0.3, -0.25) is 14.9 Å².